The molecule has 0 bridgehead atoms. The minimum absolute atomic E-state index is 0.0126. The van der Waals surface area contributed by atoms with E-state index in [0.29, 0.717) is 18.4 Å². The molecule has 0 spiro atoms. The van der Waals surface area contributed by atoms with Gasteiger partial charge in [0.1, 0.15) is 11.6 Å². The van der Waals surface area contributed by atoms with E-state index in [1.807, 2.05) is 0 Å². The van der Waals surface area contributed by atoms with Crippen molar-refractivity contribution in [2.75, 3.05) is 17.2 Å². The summed E-state index contributed by atoms with van der Waals surface area (Å²) in [6.07, 6.45) is 0.946. The molecule has 0 fully saturated rings. The summed E-state index contributed by atoms with van der Waals surface area (Å²) in [6.45, 7) is 4.90. The zero-order chi connectivity index (χ0) is 16.1. The molecule has 0 aliphatic carbocycles. The average Bonchev–Trinajstić information content (AvgIpc) is 2.36. The Hall–Kier alpha value is -2.02. The number of hydrogen-bond acceptors (Lipinski definition) is 5. The first-order chi connectivity index (χ1) is 10.4. The quantitative estimate of drug-likeness (QED) is 0.839. The van der Waals surface area contributed by atoms with Crippen molar-refractivity contribution in [1.82, 2.24) is 15.0 Å². The van der Waals surface area contributed by atoms with Gasteiger partial charge >= 0.3 is 0 Å². The number of benzene rings is 1. The molecular weight excluding hydrogens is 312 g/mol. The molecule has 1 heterocycles. The molecule has 8 heteroatoms. The average molecular weight is 328 g/mol. The highest BCUT2D eigenvalue weighted by molar-refractivity contribution is 6.28. The van der Waals surface area contributed by atoms with Crippen LogP contribution in [0.1, 0.15) is 20.3 Å². The smallest absolute Gasteiger partial charge is 0.233 e. The van der Waals surface area contributed by atoms with Gasteiger partial charge in [0, 0.05) is 18.3 Å². The zero-order valence-corrected chi connectivity index (χ0v) is 13.0. The molecule has 0 aliphatic heterocycles. The molecule has 1 aromatic carbocycles. The Morgan fingerprint density at radius 3 is 2.32 bits per heavy atom. The molecule has 0 aliphatic rings. The highest BCUT2D eigenvalue weighted by Gasteiger charge is 2.07. The third kappa shape index (κ3) is 5.07. The largest absolute Gasteiger partial charge is 0.354 e. The lowest BCUT2D eigenvalue weighted by atomic mass is 10.1. The highest BCUT2D eigenvalue weighted by Crippen LogP contribution is 2.18. The Kier molecular flexibility index (Phi) is 5.43. The maximum absolute atomic E-state index is 13.2. The Morgan fingerprint density at radius 1 is 1.05 bits per heavy atom. The fourth-order valence-corrected chi connectivity index (χ4v) is 1.87. The van der Waals surface area contributed by atoms with Crippen LogP contribution in [0.15, 0.2) is 18.2 Å². The van der Waals surface area contributed by atoms with Gasteiger partial charge in [0.05, 0.1) is 0 Å². The standard InChI is InChI=1S/C14H16ClF2N5/c1-8(2)3-4-18-13-20-12(15)21-14(22-13)19-11-6-9(16)5-10(17)7-11/h5-8H,3-4H2,1-2H3,(H2,18,19,20,21,22). The van der Waals surface area contributed by atoms with E-state index < -0.39 is 11.6 Å². The van der Waals surface area contributed by atoms with Crippen LogP contribution >= 0.6 is 11.6 Å². The Morgan fingerprint density at radius 2 is 1.68 bits per heavy atom. The minimum atomic E-state index is -0.696. The van der Waals surface area contributed by atoms with Gasteiger partial charge in [-0.15, -0.1) is 0 Å². The van der Waals surface area contributed by atoms with Gasteiger partial charge in [-0.3, -0.25) is 0 Å². The van der Waals surface area contributed by atoms with Crippen molar-refractivity contribution in [3.05, 3.63) is 35.1 Å². The van der Waals surface area contributed by atoms with Crippen LogP contribution in [0.25, 0.3) is 0 Å². The summed E-state index contributed by atoms with van der Waals surface area (Å²) >= 11 is 5.83. The van der Waals surface area contributed by atoms with E-state index >= 15 is 0 Å². The van der Waals surface area contributed by atoms with Crippen LogP contribution in [0.4, 0.5) is 26.4 Å². The zero-order valence-electron chi connectivity index (χ0n) is 12.2. The summed E-state index contributed by atoms with van der Waals surface area (Å²) in [7, 11) is 0. The van der Waals surface area contributed by atoms with E-state index in [4.69, 9.17) is 11.6 Å². The van der Waals surface area contributed by atoms with E-state index in [2.05, 4.69) is 39.4 Å². The molecule has 0 amide bonds. The molecule has 0 saturated carbocycles. The van der Waals surface area contributed by atoms with Crippen LogP contribution in [-0.2, 0) is 0 Å². The summed E-state index contributed by atoms with van der Waals surface area (Å²) in [5.74, 6) is -0.439. The van der Waals surface area contributed by atoms with Crippen molar-refractivity contribution >= 4 is 29.2 Å². The van der Waals surface area contributed by atoms with Gasteiger partial charge < -0.3 is 10.6 Å². The molecule has 2 rings (SSSR count). The minimum Gasteiger partial charge on any atom is -0.354 e. The summed E-state index contributed by atoms with van der Waals surface area (Å²) in [5, 5.41) is 5.72. The normalized spacial score (nSPS) is 10.8. The Balaban J connectivity index is 2.11. The van der Waals surface area contributed by atoms with Crippen LogP contribution < -0.4 is 10.6 Å². The first-order valence-corrected chi connectivity index (χ1v) is 7.19. The molecular formula is C14H16ClF2N5. The molecule has 1 aromatic heterocycles. The van der Waals surface area contributed by atoms with Crippen LogP contribution in [0.2, 0.25) is 5.28 Å². The fourth-order valence-electron chi connectivity index (χ4n) is 1.71. The van der Waals surface area contributed by atoms with E-state index in [-0.39, 0.29) is 16.9 Å². The molecule has 2 aromatic rings. The number of anilines is 3. The molecule has 0 saturated heterocycles. The van der Waals surface area contributed by atoms with Crippen molar-refractivity contribution in [2.45, 2.75) is 20.3 Å². The lowest BCUT2D eigenvalue weighted by Crippen LogP contribution is -2.10. The summed E-state index contributed by atoms with van der Waals surface area (Å²) < 4.78 is 26.3. The third-order valence-electron chi connectivity index (χ3n) is 2.73. The van der Waals surface area contributed by atoms with E-state index in [0.717, 1.165) is 24.6 Å². The lowest BCUT2D eigenvalue weighted by molar-refractivity contribution is 0.584. The molecule has 0 radical (unpaired) electrons. The molecule has 5 nitrogen and oxygen atoms in total. The topological polar surface area (TPSA) is 62.7 Å². The van der Waals surface area contributed by atoms with Crippen LogP contribution in [0.5, 0.6) is 0 Å². The number of hydrogen-bond donors (Lipinski definition) is 2. The second-order valence-electron chi connectivity index (χ2n) is 5.14. The van der Waals surface area contributed by atoms with Gasteiger partial charge in [-0.2, -0.15) is 15.0 Å². The molecule has 2 N–H and O–H groups in total. The van der Waals surface area contributed by atoms with E-state index in [9.17, 15) is 8.78 Å². The highest BCUT2D eigenvalue weighted by atomic mass is 35.5. The third-order valence-corrected chi connectivity index (χ3v) is 2.90. The van der Waals surface area contributed by atoms with Crippen molar-refractivity contribution in [2.24, 2.45) is 5.92 Å². The molecule has 22 heavy (non-hydrogen) atoms. The summed E-state index contributed by atoms with van der Waals surface area (Å²) in [4.78, 5) is 11.9. The van der Waals surface area contributed by atoms with Crippen molar-refractivity contribution in [3.8, 4) is 0 Å². The maximum atomic E-state index is 13.2. The van der Waals surface area contributed by atoms with Gasteiger partial charge in [-0.05, 0) is 36.1 Å². The predicted molar refractivity (Wildman–Crippen MR) is 82.4 cm³/mol. The molecule has 0 atom stereocenters. The molecule has 118 valence electrons. The van der Waals surface area contributed by atoms with Gasteiger partial charge in [0.2, 0.25) is 17.2 Å². The van der Waals surface area contributed by atoms with E-state index in [1.54, 1.807) is 0 Å². The Labute approximate surface area is 132 Å². The first-order valence-electron chi connectivity index (χ1n) is 6.81. The van der Waals surface area contributed by atoms with Crippen molar-refractivity contribution < 1.29 is 8.78 Å². The summed E-state index contributed by atoms with van der Waals surface area (Å²) in [6, 6.07) is 3.05. The number of aromatic nitrogens is 3. The van der Waals surface area contributed by atoms with Crippen LogP contribution in [0, 0.1) is 17.6 Å². The van der Waals surface area contributed by atoms with Crippen LogP contribution in [-0.4, -0.2) is 21.5 Å². The van der Waals surface area contributed by atoms with Crippen molar-refractivity contribution in [3.63, 3.8) is 0 Å². The second-order valence-corrected chi connectivity index (χ2v) is 5.48. The number of rotatable bonds is 6. The fraction of sp³-hybridized carbons (Fsp3) is 0.357. The maximum Gasteiger partial charge on any atom is 0.233 e. The number of nitrogens with zero attached hydrogens (tertiary/aromatic N) is 3. The first kappa shape index (κ1) is 16.4. The summed E-state index contributed by atoms with van der Waals surface area (Å²) in [5.41, 5.74) is 0.188. The van der Waals surface area contributed by atoms with Crippen molar-refractivity contribution in [1.29, 1.82) is 0 Å². The van der Waals surface area contributed by atoms with Crippen LogP contribution in [0.3, 0.4) is 0 Å². The lowest BCUT2D eigenvalue weighted by Gasteiger charge is -2.09. The predicted octanol–water partition coefficient (Wildman–Crippen LogP) is 4.00. The number of halogens is 3. The van der Waals surface area contributed by atoms with Gasteiger partial charge in [-0.25, -0.2) is 8.78 Å². The monoisotopic (exact) mass is 327 g/mol. The Bertz CT molecular complexity index is 631. The van der Waals surface area contributed by atoms with Gasteiger partial charge in [0.15, 0.2) is 0 Å². The van der Waals surface area contributed by atoms with Gasteiger partial charge in [-0.1, -0.05) is 13.8 Å². The SMILES string of the molecule is CC(C)CCNc1nc(Cl)nc(Nc2cc(F)cc(F)c2)n1. The second kappa shape index (κ2) is 7.31. The molecule has 0 unspecified atom stereocenters. The van der Waals surface area contributed by atoms with Gasteiger partial charge in [0.25, 0.3) is 0 Å². The number of nitrogens with one attached hydrogen (secondary N) is 2. The van der Waals surface area contributed by atoms with E-state index in [1.165, 1.54) is 0 Å².